The molecule has 0 heterocycles. The van der Waals surface area contributed by atoms with Crippen LogP contribution < -0.4 is 10.1 Å². The lowest BCUT2D eigenvalue weighted by molar-refractivity contribution is -0.122. The van der Waals surface area contributed by atoms with E-state index in [1.54, 1.807) is 24.3 Å². The molecule has 2 aromatic carbocycles. The largest absolute Gasteiger partial charge is 0.481 e. The molecule has 0 saturated carbocycles. The van der Waals surface area contributed by atoms with E-state index in [2.05, 4.69) is 10.1 Å². The third-order valence-corrected chi connectivity index (χ3v) is 3.77. The summed E-state index contributed by atoms with van der Waals surface area (Å²) < 4.78 is 14.9. The molecule has 0 bridgehead atoms. The molecule has 0 aliphatic rings. The predicted molar refractivity (Wildman–Crippen MR) is 99.0 cm³/mol. The van der Waals surface area contributed by atoms with Crippen LogP contribution in [0.1, 0.15) is 33.2 Å². The summed E-state index contributed by atoms with van der Waals surface area (Å²) >= 11 is 0. The van der Waals surface area contributed by atoms with Gasteiger partial charge in [-0.05, 0) is 49.4 Å². The number of esters is 2. The Hall–Kier alpha value is -3.86. The fourth-order valence-corrected chi connectivity index (χ4v) is 2.28. The van der Waals surface area contributed by atoms with Crippen LogP contribution in [-0.4, -0.2) is 38.2 Å². The Kier molecular flexibility index (Phi) is 6.71. The van der Waals surface area contributed by atoms with Gasteiger partial charge in [-0.3, -0.25) is 4.79 Å². The van der Waals surface area contributed by atoms with Gasteiger partial charge in [0, 0.05) is 0 Å². The van der Waals surface area contributed by atoms with Crippen LogP contribution in [0.5, 0.6) is 5.75 Å². The zero-order chi connectivity index (χ0) is 20.7. The number of carbonyl (C=O) groups is 3. The second-order valence-corrected chi connectivity index (χ2v) is 5.63. The summed E-state index contributed by atoms with van der Waals surface area (Å²) in [6.45, 7) is 1.52. The number of ether oxygens (including phenoxy) is 3. The number of nitrogens with one attached hydrogen (secondary N) is 1. The van der Waals surface area contributed by atoms with Crippen LogP contribution in [0, 0.1) is 11.3 Å². The molecule has 0 radical (unpaired) electrons. The fourth-order valence-electron chi connectivity index (χ4n) is 2.28. The van der Waals surface area contributed by atoms with Gasteiger partial charge >= 0.3 is 11.9 Å². The molecule has 8 nitrogen and oxygen atoms in total. The minimum atomic E-state index is -0.916. The van der Waals surface area contributed by atoms with E-state index in [1.165, 1.54) is 39.3 Å². The molecule has 0 aliphatic carbocycles. The minimum absolute atomic E-state index is 0.0778. The Labute approximate surface area is 161 Å². The highest BCUT2D eigenvalue weighted by atomic mass is 16.5. The van der Waals surface area contributed by atoms with Crippen molar-refractivity contribution in [1.29, 1.82) is 5.26 Å². The normalized spacial score (nSPS) is 10.9. The van der Waals surface area contributed by atoms with Gasteiger partial charge in [0.05, 0.1) is 42.7 Å². The van der Waals surface area contributed by atoms with Gasteiger partial charge in [0.25, 0.3) is 5.91 Å². The number of anilines is 1. The van der Waals surface area contributed by atoms with E-state index >= 15 is 0 Å². The highest BCUT2D eigenvalue weighted by Crippen LogP contribution is 2.21. The lowest BCUT2D eigenvalue weighted by Crippen LogP contribution is -2.31. The van der Waals surface area contributed by atoms with Gasteiger partial charge in [-0.2, -0.15) is 5.26 Å². The Morgan fingerprint density at radius 2 is 1.64 bits per heavy atom. The lowest BCUT2D eigenvalue weighted by atomic mass is 10.1. The van der Waals surface area contributed by atoms with Gasteiger partial charge < -0.3 is 19.5 Å². The summed E-state index contributed by atoms with van der Waals surface area (Å²) in [5.74, 6) is -1.43. The number of rotatable bonds is 6. The molecule has 1 amide bonds. The molecule has 144 valence electrons. The average Bonchev–Trinajstić information content (AvgIpc) is 2.72. The summed E-state index contributed by atoms with van der Waals surface area (Å²) in [7, 11) is 2.43. The maximum absolute atomic E-state index is 12.5. The molecule has 0 fully saturated rings. The molecule has 0 aliphatic heterocycles. The van der Waals surface area contributed by atoms with E-state index in [1.807, 2.05) is 6.07 Å². The first kappa shape index (κ1) is 20.5. The summed E-state index contributed by atoms with van der Waals surface area (Å²) in [5, 5.41) is 11.4. The number of nitriles is 1. The smallest absolute Gasteiger partial charge is 0.339 e. The van der Waals surface area contributed by atoms with Gasteiger partial charge in [0.2, 0.25) is 0 Å². The van der Waals surface area contributed by atoms with Gasteiger partial charge in [0.15, 0.2) is 6.10 Å². The Balaban J connectivity index is 2.21. The monoisotopic (exact) mass is 382 g/mol. The Morgan fingerprint density at radius 1 is 1.00 bits per heavy atom. The second kappa shape index (κ2) is 9.19. The number of amides is 1. The first-order chi connectivity index (χ1) is 13.4. The Bertz CT molecular complexity index is 931. The van der Waals surface area contributed by atoms with Gasteiger partial charge in [-0.25, -0.2) is 9.59 Å². The number of hydrogen-bond donors (Lipinski definition) is 1. The summed E-state index contributed by atoms with van der Waals surface area (Å²) in [6.07, 6.45) is -0.916. The number of nitrogens with zero attached hydrogens (tertiary/aromatic N) is 1. The van der Waals surface area contributed by atoms with Crippen molar-refractivity contribution in [3.05, 3.63) is 59.2 Å². The van der Waals surface area contributed by atoms with Crippen LogP contribution in [0.4, 0.5) is 5.69 Å². The highest BCUT2D eigenvalue weighted by molar-refractivity contribution is 6.04. The minimum Gasteiger partial charge on any atom is -0.481 e. The predicted octanol–water partition coefficient (Wildman–Crippen LogP) is 2.54. The molecule has 1 atom stereocenters. The molecule has 28 heavy (non-hydrogen) atoms. The molecule has 0 aromatic heterocycles. The maximum atomic E-state index is 12.5. The molecule has 1 N–H and O–H groups in total. The number of benzene rings is 2. The van der Waals surface area contributed by atoms with Crippen LogP contribution in [0.3, 0.4) is 0 Å². The lowest BCUT2D eigenvalue weighted by Gasteiger charge is -2.16. The van der Waals surface area contributed by atoms with E-state index < -0.39 is 23.9 Å². The van der Waals surface area contributed by atoms with Gasteiger partial charge in [-0.1, -0.05) is 0 Å². The van der Waals surface area contributed by atoms with E-state index in [0.29, 0.717) is 11.3 Å². The van der Waals surface area contributed by atoms with Crippen molar-refractivity contribution < 1.29 is 28.6 Å². The average molecular weight is 382 g/mol. The number of hydrogen-bond acceptors (Lipinski definition) is 7. The van der Waals surface area contributed by atoms with Crippen molar-refractivity contribution in [2.24, 2.45) is 0 Å². The first-order valence-corrected chi connectivity index (χ1v) is 8.18. The third kappa shape index (κ3) is 4.86. The number of methoxy groups -OCH3 is 2. The first-order valence-electron chi connectivity index (χ1n) is 8.18. The van der Waals surface area contributed by atoms with Crippen LogP contribution in [0.2, 0.25) is 0 Å². The van der Waals surface area contributed by atoms with Crippen LogP contribution >= 0.6 is 0 Å². The van der Waals surface area contributed by atoms with E-state index in [-0.39, 0.29) is 16.8 Å². The van der Waals surface area contributed by atoms with E-state index in [9.17, 15) is 14.4 Å². The van der Waals surface area contributed by atoms with Crippen molar-refractivity contribution in [2.45, 2.75) is 13.0 Å². The van der Waals surface area contributed by atoms with Crippen molar-refractivity contribution in [1.82, 2.24) is 0 Å². The van der Waals surface area contributed by atoms with Gasteiger partial charge in [-0.15, -0.1) is 0 Å². The zero-order valence-corrected chi connectivity index (χ0v) is 15.5. The summed E-state index contributed by atoms with van der Waals surface area (Å²) in [5.41, 5.74) is 0.794. The molecular weight excluding hydrogens is 364 g/mol. The van der Waals surface area contributed by atoms with Crippen molar-refractivity contribution in [3.8, 4) is 11.8 Å². The molecular formula is C20H18N2O6. The van der Waals surface area contributed by atoms with E-state index in [0.717, 1.165) is 0 Å². The molecule has 8 heteroatoms. The Morgan fingerprint density at radius 3 is 2.21 bits per heavy atom. The molecule has 0 spiro atoms. The molecule has 2 rings (SSSR count). The van der Waals surface area contributed by atoms with Crippen LogP contribution in [-0.2, 0) is 14.3 Å². The number of carbonyl (C=O) groups excluding carboxylic acids is 3. The zero-order valence-electron chi connectivity index (χ0n) is 15.5. The van der Waals surface area contributed by atoms with Crippen molar-refractivity contribution in [2.75, 3.05) is 19.5 Å². The second-order valence-electron chi connectivity index (χ2n) is 5.63. The van der Waals surface area contributed by atoms with Crippen LogP contribution in [0.25, 0.3) is 0 Å². The quantitative estimate of drug-likeness (QED) is 0.764. The summed E-state index contributed by atoms with van der Waals surface area (Å²) in [6, 6.07) is 12.3. The molecule has 1 unspecified atom stereocenters. The van der Waals surface area contributed by atoms with Crippen LogP contribution in [0.15, 0.2) is 42.5 Å². The highest BCUT2D eigenvalue weighted by Gasteiger charge is 2.21. The fraction of sp³-hybridized carbons (Fsp3) is 0.200. The topological polar surface area (TPSA) is 115 Å². The molecule has 0 saturated heterocycles. The van der Waals surface area contributed by atoms with E-state index in [4.69, 9.17) is 14.7 Å². The molecule has 2 aromatic rings. The SMILES string of the molecule is COC(=O)c1ccc(C(=O)OC)c(NC(=O)C(C)Oc2ccc(C#N)cc2)c1. The van der Waals surface area contributed by atoms with Gasteiger partial charge in [0.1, 0.15) is 5.75 Å². The third-order valence-electron chi connectivity index (χ3n) is 3.77. The maximum Gasteiger partial charge on any atom is 0.339 e. The van der Waals surface area contributed by atoms with Crippen molar-refractivity contribution in [3.63, 3.8) is 0 Å². The summed E-state index contributed by atoms with van der Waals surface area (Å²) in [4.78, 5) is 36.2. The standard InChI is InChI=1S/C20H18N2O6/c1-12(28-15-7-4-13(11-21)5-8-15)18(23)22-17-10-14(19(24)26-2)6-9-16(17)20(25)27-3/h4-10,12H,1-3H3,(H,22,23). The van der Waals surface area contributed by atoms with Crippen molar-refractivity contribution >= 4 is 23.5 Å².